The van der Waals surface area contributed by atoms with Crippen LogP contribution in [0, 0.1) is 0 Å². The number of H-pyrrole nitrogens is 1. The van der Waals surface area contributed by atoms with Gasteiger partial charge in [0.15, 0.2) is 5.13 Å². The quantitative estimate of drug-likeness (QED) is 0.502. The number of rotatable bonds is 6. The highest BCUT2D eigenvalue weighted by Gasteiger charge is 2.34. The molecular formula is C23H28N8OS. The largest absolute Gasteiger partial charge is 0.329 e. The Morgan fingerprint density at radius 3 is 2.85 bits per heavy atom. The molecule has 1 aliphatic heterocycles. The van der Waals surface area contributed by atoms with E-state index in [1.54, 1.807) is 6.20 Å². The Balaban J connectivity index is 1.25. The molecule has 1 atom stereocenters. The second-order valence-corrected chi connectivity index (χ2v) is 10.0. The van der Waals surface area contributed by atoms with E-state index in [1.165, 1.54) is 48.3 Å². The summed E-state index contributed by atoms with van der Waals surface area (Å²) < 4.78 is 0. The molecule has 33 heavy (non-hydrogen) atoms. The lowest BCUT2D eigenvalue weighted by molar-refractivity contribution is -0.117. The highest BCUT2D eigenvalue weighted by molar-refractivity contribution is 7.13. The molecule has 9 nitrogen and oxygen atoms in total. The van der Waals surface area contributed by atoms with Gasteiger partial charge in [-0.15, -0.1) is 11.3 Å². The maximum absolute atomic E-state index is 13.0. The van der Waals surface area contributed by atoms with Gasteiger partial charge in [0.25, 0.3) is 0 Å². The number of amides is 1. The van der Waals surface area contributed by atoms with Crippen molar-refractivity contribution >= 4 is 40.1 Å². The molecule has 0 bridgehead atoms. The van der Waals surface area contributed by atoms with Gasteiger partial charge in [-0.3, -0.25) is 4.79 Å². The summed E-state index contributed by atoms with van der Waals surface area (Å²) in [5.74, 6) is 2.70. The minimum absolute atomic E-state index is 0.0479. The molecular weight excluding hydrogens is 436 g/mol. The molecule has 4 heterocycles. The first-order valence-corrected chi connectivity index (χ1v) is 12.8. The third-order valence-corrected chi connectivity index (χ3v) is 7.71. The SMILES string of the molecule is O=C(Nc1nccs1)C1CCCN1c1nc2c(c(Nc3ncc(C4CCCC4)[nH]3)n1)CCC2. The Bertz CT molecular complexity index is 1140. The molecule has 3 aromatic rings. The minimum Gasteiger partial charge on any atom is -0.329 e. The Kier molecular flexibility index (Phi) is 5.45. The van der Waals surface area contributed by atoms with E-state index in [9.17, 15) is 4.79 Å². The van der Waals surface area contributed by atoms with Gasteiger partial charge in [0.1, 0.15) is 11.9 Å². The van der Waals surface area contributed by atoms with Crippen LogP contribution in [0.5, 0.6) is 0 Å². The average Bonchev–Trinajstić information content (AvgIpc) is 3.64. The number of nitrogens with one attached hydrogen (secondary N) is 3. The van der Waals surface area contributed by atoms with E-state index in [4.69, 9.17) is 9.97 Å². The molecule has 6 rings (SSSR count). The standard InChI is InChI=1S/C23H28N8OS/c32-20(30-23-24-10-12-33-23)18-9-4-11-31(18)22-27-16-8-3-7-15(16)19(29-22)28-21-25-13-17(26-21)14-5-1-2-6-14/h10,12-14,18H,1-9,11H2,(H,24,30,32)(H2,25,26,27,28,29). The van der Waals surface area contributed by atoms with Crippen molar-refractivity contribution in [1.29, 1.82) is 0 Å². The van der Waals surface area contributed by atoms with Crippen LogP contribution in [0.1, 0.15) is 67.8 Å². The molecule has 0 spiro atoms. The fourth-order valence-electron chi connectivity index (χ4n) is 5.36. The third-order valence-electron chi connectivity index (χ3n) is 7.02. The van der Waals surface area contributed by atoms with Crippen LogP contribution in [0.2, 0.25) is 0 Å². The lowest BCUT2D eigenvalue weighted by atomic mass is 10.1. The maximum atomic E-state index is 13.0. The van der Waals surface area contributed by atoms with E-state index in [1.807, 2.05) is 16.5 Å². The number of nitrogens with zero attached hydrogens (tertiary/aromatic N) is 5. The first-order chi connectivity index (χ1) is 16.2. The van der Waals surface area contributed by atoms with Crippen LogP contribution in [-0.2, 0) is 17.6 Å². The number of fused-ring (bicyclic) bond motifs is 1. The third kappa shape index (κ3) is 4.07. The Labute approximate surface area is 196 Å². The monoisotopic (exact) mass is 464 g/mol. The van der Waals surface area contributed by atoms with Crippen LogP contribution in [0.15, 0.2) is 17.8 Å². The van der Waals surface area contributed by atoms with E-state index in [-0.39, 0.29) is 11.9 Å². The molecule has 3 N–H and O–H groups in total. The Hall–Kier alpha value is -3.01. The number of aryl methyl sites for hydroxylation is 1. The van der Waals surface area contributed by atoms with Gasteiger partial charge in [-0.25, -0.2) is 15.0 Å². The summed E-state index contributed by atoms with van der Waals surface area (Å²) in [4.78, 5) is 37.0. The average molecular weight is 465 g/mol. The van der Waals surface area contributed by atoms with Gasteiger partial charge in [-0.05, 0) is 44.9 Å². The molecule has 172 valence electrons. The summed E-state index contributed by atoms with van der Waals surface area (Å²) in [6.07, 6.45) is 13.4. The van der Waals surface area contributed by atoms with Crippen molar-refractivity contribution in [3.05, 3.63) is 34.7 Å². The number of hydrogen-bond acceptors (Lipinski definition) is 8. The van der Waals surface area contributed by atoms with E-state index < -0.39 is 0 Å². The molecule has 10 heteroatoms. The van der Waals surface area contributed by atoms with Crippen LogP contribution >= 0.6 is 11.3 Å². The van der Waals surface area contributed by atoms with Crippen molar-refractivity contribution in [2.24, 2.45) is 0 Å². The molecule has 0 radical (unpaired) electrons. The number of aromatic amines is 1. The molecule has 1 amide bonds. The van der Waals surface area contributed by atoms with Crippen LogP contribution in [0.4, 0.5) is 22.8 Å². The highest BCUT2D eigenvalue weighted by Crippen LogP contribution is 2.35. The van der Waals surface area contributed by atoms with Crippen molar-refractivity contribution in [3.63, 3.8) is 0 Å². The lowest BCUT2D eigenvalue weighted by Gasteiger charge is -2.24. The fourth-order valence-corrected chi connectivity index (χ4v) is 5.89. The highest BCUT2D eigenvalue weighted by atomic mass is 32.1. The van der Waals surface area contributed by atoms with Crippen molar-refractivity contribution < 1.29 is 4.79 Å². The van der Waals surface area contributed by atoms with Gasteiger partial charge in [-0.2, -0.15) is 4.98 Å². The Morgan fingerprint density at radius 2 is 2.00 bits per heavy atom. The zero-order valence-electron chi connectivity index (χ0n) is 18.5. The van der Waals surface area contributed by atoms with E-state index >= 15 is 0 Å². The van der Waals surface area contributed by atoms with Crippen molar-refractivity contribution in [2.45, 2.75) is 69.7 Å². The number of carbonyl (C=O) groups excluding carboxylic acids is 1. The van der Waals surface area contributed by atoms with Crippen molar-refractivity contribution in [3.8, 4) is 0 Å². The molecule has 1 saturated heterocycles. The number of aromatic nitrogens is 5. The summed E-state index contributed by atoms with van der Waals surface area (Å²) in [5.41, 5.74) is 3.45. The number of anilines is 4. The summed E-state index contributed by atoms with van der Waals surface area (Å²) in [6, 6.07) is -0.293. The van der Waals surface area contributed by atoms with Gasteiger partial charge in [0.2, 0.25) is 17.8 Å². The number of carbonyl (C=O) groups is 1. The van der Waals surface area contributed by atoms with Gasteiger partial charge < -0.3 is 20.5 Å². The van der Waals surface area contributed by atoms with Gasteiger partial charge in [0, 0.05) is 35.3 Å². The van der Waals surface area contributed by atoms with Gasteiger partial charge >= 0.3 is 0 Å². The van der Waals surface area contributed by atoms with Crippen LogP contribution in [0.3, 0.4) is 0 Å². The lowest BCUT2D eigenvalue weighted by Crippen LogP contribution is -2.40. The fraction of sp³-hybridized carbons (Fsp3) is 0.522. The predicted octanol–water partition coefficient (Wildman–Crippen LogP) is 4.15. The zero-order valence-corrected chi connectivity index (χ0v) is 19.3. The summed E-state index contributed by atoms with van der Waals surface area (Å²) in [5, 5.41) is 8.86. The van der Waals surface area contributed by atoms with Crippen molar-refractivity contribution in [1.82, 2.24) is 24.9 Å². The predicted molar refractivity (Wildman–Crippen MR) is 128 cm³/mol. The van der Waals surface area contributed by atoms with E-state index in [0.29, 0.717) is 17.0 Å². The summed E-state index contributed by atoms with van der Waals surface area (Å²) in [6.45, 7) is 0.765. The minimum atomic E-state index is -0.293. The van der Waals surface area contributed by atoms with Crippen molar-refractivity contribution in [2.75, 3.05) is 22.1 Å². The number of imidazole rings is 1. The van der Waals surface area contributed by atoms with Gasteiger partial charge in [-0.1, -0.05) is 12.8 Å². The number of thiazole rings is 1. The molecule has 2 aliphatic carbocycles. The smallest absolute Gasteiger partial charge is 0.248 e. The zero-order chi connectivity index (χ0) is 22.2. The maximum Gasteiger partial charge on any atom is 0.248 e. The van der Waals surface area contributed by atoms with Crippen LogP contribution < -0.4 is 15.5 Å². The normalized spacial score (nSPS) is 20.4. The molecule has 1 unspecified atom stereocenters. The second kappa shape index (κ2) is 8.74. The number of hydrogen-bond donors (Lipinski definition) is 3. The summed E-state index contributed by atoms with van der Waals surface area (Å²) in [7, 11) is 0. The van der Waals surface area contributed by atoms with E-state index in [2.05, 4.69) is 25.6 Å². The first-order valence-electron chi connectivity index (χ1n) is 11.9. The van der Waals surface area contributed by atoms with E-state index in [0.717, 1.165) is 56.1 Å². The second-order valence-electron chi connectivity index (χ2n) is 9.12. The molecule has 3 aliphatic rings. The van der Waals surface area contributed by atoms with Crippen LogP contribution in [-0.4, -0.2) is 43.4 Å². The van der Waals surface area contributed by atoms with Gasteiger partial charge in [0.05, 0.1) is 11.9 Å². The molecule has 0 aromatic carbocycles. The molecule has 3 aromatic heterocycles. The topological polar surface area (TPSA) is 112 Å². The summed E-state index contributed by atoms with van der Waals surface area (Å²) >= 11 is 1.42. The first kappa shape index (κ1) is 20.6. The Morgan fingerprint density at radius 1 is 1.09 bits per heavy atom. The molecule has 2 fully saturated rings. The van der Waals surface area contributed by atoms with Crippen LogP contribution in [0.25, 0.3) is 0 Å². The molecule has 1 saturated carbocycles.